The second kappa shape index (κ2) is 7.34. The Morgan fingerprint density at radius 2 is 2.00 bits per heavy atom. The van der Waals surface area contributed by atoms with E-state index in [1.807, 2.05) is 12.1 Å². The molecule has 0 fully saturated rings. The molecule has 1 aromatic heterocycles. The molecule has 3 rings (SSSR count). The van der Waals surface area contributed by atoms with E-state index in [2.05, 4.69) is 9.71 Å². The van der Waals surface area contributed by atoms with Crippen LogP contribution >= 0.6 is 11.6 Å². The lowest BCUT2D eigenvalue weighted by atomic mass is 9.96. The topological polar surface area (TPSA) is 79.4 Å². The first-order valence-corrected chi connectivity index (χ1v) is 10.3. The van der Waals surface area contributed by atoms with Crippen molar-refractivity contribution in [2.24, 2.45) is 0 Å². The number of nitrogens with one attached hydrogen (secondary N) is 1. The lowest BCUT2D eigenvalue weighted by Crippen LogP contribution is -2.31. The number of amides is 1. The number of halogens is 1. The van der Waals surface area contributed by atoms with Gasteiger partial charge in [0.2, 0.25) is 15.9 Å². The molecule has 0 bridgehead atoms. The number of pyridine rings is 1. The minimum atomic E-state index is -3.27. The molecule has 1 aromatic carbocycles. The summed E-state index contributed by atoms with van der Waals surface area (Å²) in [7, 11) is -1.52. The van der Waals surface area contributed by atoms with Crippen molar-refractivity contribution in [2.45, 2.75) is 26.3 Å². The van der Waals surface area contributed by atoms with Crippen molar-refractivity contribution in [3.05, 3.63) is 46.7 Å². The molecule has 0 aliphatic carbocycles. The molecule has 0 unspecified atom stereocenters. The Hall–Kier alpha value is -1.96. The number of aromatic nitrogens is 1. The molecule has 0 atom stereocenters. The third-order valence-corrected chi connectivity index (χ3v) is 6.15. The van der Waals surface area contributed by atoms with Gasteiger partial charge in [0.05, 0.1) is 10.8 Å². The monoisotopic (exact) mass is 393 g/mol. The normalized spacial score (nSPS) is 14.4. The van der Waals surface area contributed by atoms with Crippen LogP contribution < -0.4 is 9.62 Å². The van der Waals surface area contributed by atoms with Gasteiger partial charge in [0, 0.05) is 49.2 Å². The molecule has 2 aromatic rings. The molecule has 138 valence electrons. The van der Waals surface area contributed by atoms with Gasteiger partial charge < -0.3 is 4.90 Å². The molecule has 0 spiro atoms. The van der Waals surface area contributed by atoms with Crippen LogP contribution in [0.1, 0.15) is 24.5 Å². The van der Waals surface area contributed by atoms with E-state index in [0.29, 0.717) is 17.9 Å². The van der Waals surface area contributed by atoms with Crippen LogP contribution in [0.25, 0.3) is 11.1 Å². The largest absolute Gasteiger partial charge is 0.315 e. The molecule has 8 heteroatoms. The molecule has 0 radical (unpaired) electrons. The Kier molecular flexibility index (Phi) is 5.32. The predicted octanol–water partition coefficient (Wildman–Crippen LogP) is 2.75. The van der Waals surface area contributed by atoms with Gasteiger partial charge in [-0.15, -0.1) is 0 Å². The summed E-state index contributed by atoms with van der Waals surface area (Å²) in [6.45, 7) is 1.77. The molecule has 1 N–H and O–H groups in total. The summed E-state index contributed by atoms with van der Waals surface area (Å²) < 4.78 is 25.8. The second-order valence-corrected chi connectivity index (χ2v) is 8.72. The van der Waals surface area contributed by atoms with Crippen molar-refractivity contribution >= 4 is 33.2 Å². The Morgan fingerprint density at radius 1 is 1.23 bits per heavy atom. The van der Waals surface area contributed by atoms with E-state index < -0.39 is 10.0 Å². The Balaban J connectivity index is 1.92. The molecule has 0 saturated carbocycles. The van der Waals surface area contributed by atoms with E-state index in [-0.39, 0.29) is 18.2 Å². The Labute approximate surface area is 158 Å². The van der Waals surface area contributed by atoms with Gasteiger partial charge in [0.1, 0.15) is 0 Å². The molecule has 0 saturated heterocycles. The van der Waals surface area contributed by atoms with Gasteiger partial charge in [0.15, 0.2) is 0 Å². The van der Waals surface area contributed by atoms with Crippen molar-refractivity contribution in [2.75, 3.05) is 17.7 Å². The van der Waals surface area contributed by atoms with Crippen LogP contribution in [0.2, 0.25) is 5.02 Å². The van der Waals surface area contributed by atoms with Crippen LogP contribution in [0.4, 0.5) is 5.69 Å². The molecule has 2 heterocycles. The summed E-state index contributed by atoms with van der Waals surface area (Å²) in [5.74, 6) is 0.108. The van der Waals surface area contributed by atoms with E-state index in [0.717, 1.165) is 27.9 Å². The number of hydrogen-bond acceptors (Lipinski definition) is 4. The minimum Gasteiger partial charge on any atom is -0.315 e. The summed E-state index contributed by atoms with van der Waals surface area (Å²) in [4.78, 5) is 17.7. The highest BCUT2D eigenvalue weighted by Gasteiger charge is 2.22. The number of aryl methyl sites for hydroxylation is 1. The summed E-state index contributed by atoms with van der Waals surface area (Å²) >= 11 is 6.46. The number of carbonyl (C=O) groups excluding carboxylic acids is 1. The van der Waals surface area contributed by atoms with Gasteiger partial charge in [-0.05, 0) is 42.7 Å². The van der Waals surface area contributed by atoms with E-state index in [9.17, 15) is 13.2 Å². The fourth-order valence-electron chi connectivity index (χ4n) is 2.91. The number of sulfonamides is 1. The van der Waals surface area contributed by atoms with E-state index in [1.165, 1.54) is 0 Å². The van der Waals surface area contributed by atoms with Crippen LogP contribution in [-0.4, -0.2) is 32.1 Å². The summed E-state index contributed by atoms with van der Waals surface area (Å²) in [5, 5.41) is 0.526. The van der Waals surface area contributed by atoms with Gasteiger partial charge in [-0.2, -0.15) is 0 Å². The summed E-state index contributed by atoms with van der Waals surface area (Å²) in [6, 6.07) is 5.66. The number of benzene rings is 1. The van der Waals surface area contributed by atoms with E-state index in [1.54, 1.807) is 37.3 Å². The van der Waals surface area contributed by atoms with E-state index >= 15 is 0 Å². The van der Waals surface area contributed by atoms with Crippen molar-refractivity contribution in [1.82, 2.24) is 9.71 Å². The molecular weight excluding hydrogens is 374 g/mol. The lowest BCUT2D eigenvalue weighted by molar-refractivity contribution is -0.118. The first-order valence-electron chi connectivity index (χ1n) is 8.31. The number of nitrogens with zero attached hydrogens (tertiary/aromatic N) is 2. The third-order valence-electron chi connectivity index (χ3n) is 4.49. The number of hydrogen-bond donors (Lipinski definition) is 1. The zero-order chi connectivity index (χ0) is 18.9. The van der Waals surface area contributed by atoms with Gasteiger partial charge >= 0.3 is 0 Å². The van der Waals surface area contributed by atoms with Gasteiger partial charge in [0.25, 0.3) is 0 Å². The number of anilines is 1. The molecule has 6 nitrogen and oxygen atoms in total. The fourth-order valence-corrected chi connectivity index (χ4v) is 3.77. The second-order valence-electron chi connectivity index (χ2n) is 6.22. The average molecular weight is 394 g/mol. The lowest BCUT2D eigenvalue weighted by Gasteiger charge is -2.26. The predicted molar refractivity (Wildman–Crippen MR) is 103 cm³/mol. The smallest absolute Gasteiger partial charge is 0.227 e. The average Bonchev–Trinajstić information content (AvgIpc) is 2.63. The maximum Gasteiger partial charge on any atom is 0.227 e. The van der Waals surface area contributed by atoms with Gasteiger partial charge in [-0.1, -0.05) is 11.6 Å². The highest BCUT2D eigenvalue weighted by atomic mass is 35.5. The standard InChI is InChI=1S/C18H20ClN3O3S/c1-3-26(24,25)21-10-12-6-14(11-20-9-12)15-7-13-4-5-18(23)22(2)17(13)8-16(15)19/h6-9,11,21H,3-5,10H2,1-2H3. The minimum absolute atomic E-state index is 0.0308. The quantitative estimate of drug-likeness (QED) is 0.847. The summed E-state index contributed by atoms with van der Waals surface area (Å²) in [5.41, 5.74) is 4.27. The Morgan fingerprint density at radius 3 is 2.73 bits per heavy atom. The first kappa shape index (κ1) is 18.8. The van der Waals surface area contributed by atoms with Gasteiger partial charge in [-0.25, -0.2) is 13.1 Å². The highest BCUT2D eigenvalue weighted by Crippen LogP contribution is 2.37. The van der Waals surface area contributed by atoms with Crippen molar-refractivity contribution in [3.63, 3.8) is 0 Å². The molecule has 26 heavy (non-hydrogen) atoms. The maximum absolute atomic E-state index is 11.9. The molecule has 1 aliphatic rings. The fraction of sp³-hybridized carbons (Fsp3) is 0.333. The van der Waals surface area contributed by atoms with Crippen molar-refractivity contribution in [1.29, 1.82) is 0 Å². The highest BCUT2D eigenvalue weighted by molar-refractivity contribution is 7.89. The van der Waals surface area contributed by atoms with Crippen LogP contribution in [-0.2, 0) is 27.8 Å². The number of fused-ring (bicyclic) bond motifs is 1. The van der Waals surface area contributed by atoms with Crippen LogP contribution in [0.3, 0.4) is 0 Å². The zero-order valence-corrected chi connectivity index (χ0v) is 16.2. The molecule has 1 amide bonds. The van der Waals surface area contributed by atoms with Crippen LogP contribution in [0.15, 0.2) is 30.6 Å². The number of carbonyl (C=O) groups is 1. The number of rotatable bonds is 5. The SMILES string of the molecule is CCS(=O)(=O)NCc1cncc(-c2cc3c(cc2Cl)N(C)C(=O)CC3)c1. The zero-order valence-electron chi connectivity index (χ0n) is 14.6. The molecular formula is C18H20ClN3O3S. The van der Waals surface area contributed by atoms with Crippen molar-refractivity contribution < 1.29 is 13.2 Å². The van der Waals surface area contributed by atoms with E-state index in [4.69, 9.17) is 11.6 Å². The van der Waals surface area contributed by atoms with Crippen molar-refractivity contribution in [3.8, 4) is 11.1 Å². The Bertz CT molecular complexity index is 960. The molecule has 1 aliphatic heterocycles. The van der Waals surface area contributed by atoms with Crippen LogP contribution in [0.5, 0.6) is 0 Å². The first-order chi connectivity index (χ1) is 12.3. The summed E-state index contributed by atoms with van der Waals surface area (Å²) in [6.07, 6.45) is 4.47. The van der Waals surface area contributed by atoms with Gasteiger partial charge in [-0.3, -0.25) is 9.78 Å². The maximum atomic E-state index is 11.9. The van der Waals surface area contributed by atoms with Crippen LogP contribution in [0, 0.1) is 0 Å². The third kappa shape index (κ3) is 3.90.